The molecule has 22 heavy (non-hydrogen) atoms. The third-order valence-corrected chi connectivity index (χ3v) is 7.58. The van der Waals surface area contributed by atoms with Crippen LogP contribution in [0.4, 0.5) is 0 Å². The van der Waals surface area contributed by atoms with Crippen LogP contribution in [-0.2, 0) is 4.79 Å². The van der Waals surface area contributed by atoms with Crippen molar-refractivity contribution in [1.29, 1.82) is 0 Å². The molecule has 6 atom stereocenters. The van der Waals surface area contributed by atoms with Gasteiger partial charge in [-0.2, -0.15) is 0 Å². The Balaban J connectivity index is 1.97. The lowest BCUT2D eigenvalue weighted by Crippen LogP contribution is -2.56. The Hall–Kier alpha value is -1.05. The molecule has 0 amide bonds. The van der Waals surface area contributed by atoms with Crippen molar-refractivity contribution < 1.29 is 9.90 Å². The topological polar surface area (TPSA) is 37.3 Å². The number of hydrogen-bond donors (Lipinski definition) is 1. The lowest BCUT2D eigenvalue weighted by molar-refractivity contribution is -0.172. The third kappa shape index (κ3) is 2.02. The van der Waals surface area contributed by atoms with Gasteiger partial charge in [0.1, 0.15) is 0 Å². The third-order valence-electron chi connectivity index (χ3n) is 7.58. The molecule has 2 nitrogen and oxygen atoms in total. The molecular weight excluding hydrogens is 272 g/mol. The normalized spacial score (nSPS) is 48.2. The minimum absolute atomic E-state index is 0.177. The molecule has 3 aliphatic rings. The predicted octanol–water partition coefficient (Wildman–Crippen LogP) is 5.06. The molecule has 3 rings (SSSR count). The first-order chi connectivity index (χ1) is 10.3. The SMILES string of the molecule is C=C[C@H]1C(=C)CC[C@H]2[C@H]1CC[C@@H]1[C@]2(C)CCC[C@]1(C)C(=O)O. The number of rotatable bonds is 2. The molecule has 0 unspecified atom stereocenters. The second kappa shape index (κ2) is 5.25. The minimum Gasteiger partial charge on any atom is -0.481 e. The summed E-state index contributed by atoms with van der Waals surface area (Å²) in [6.45, 7) is 12.7. The van der Waals surface area contributed by atoms with Gasteiger partial charge in [0.05, 0.1) is 5.41 Å². The molecule has 0 aromatic heterocycles. The van der Waals surface area contributed by atoms with Crippen LogP contribution in [0.1, 0.15) is 58.8 Å². The van der Waals surface area contributed by atoms with E-state index in [4.69, 9.17) is 0 Å². The molecule has 0 heterocycles. The van der Waals surface area contributed by atoms with Crippen LogP contribution in [0.2, 0.25) is 0 Å². The van der Waals surface area contributed by atoms with Crippen molar-refractivity contribution in [3.05, 3.63) is 24.8 Å². The number of carbonyl (C=O) groups is 1. The van der Waals surface area contributed by atoms with E-state index in [1.165, 1.54) is 18.4 Å². The maximum atomic E-state index is 12.0. The quantitative estimate of drug-likeness (QED) is 0.724. The summed E-state index contributed by atoms with van der Waals surface area (Å²) in [4.78, 5) is 12.0. The van der Waals surface area contributed by atoms with E-state index in [9.17, 15) is 9.90 Å². The standard InChI is InChI=1S/C20H30O2/c1-5-14-13(2)7-9-16-15(14)8-10-17-19(16,3)11-6-12-20(17,4)18(21)22/h5,14-17H,1-2,6-12H2,3-4H3,(H,21,22)/t14-,15-,16-,17+,19+,20-/m0/s1. The van der Waals surface area contributed by atoms with Gasteiger partial charge in [-0.25, -0.2) is 0 Å². The van der Waals surface area contributed by atoms with Crippen molar-refractivity contribution in [3.8, 4) is 0 Å². The second-order valence-electron chi connectivity index (χ2n) is 8.44. The first kappa shape index (κ1) is 15.8. The Kier molecular flexibility index (Phi) is 3.78. The highest BCUT2D eigenvalue weighted by molar-refractivity contribution is 5.75. The Bertz CT molecular complexity index is 508. The van der Waals surface area contributed by atoms with Crippen molar-refractivity contribution in [2.45, 2.75) is 58.8 Å². The molecule has 0 aromatic rings. The molecule has 122 valence electrons. The van der Waals surface area contributed by atoms with Gasteiger partial charge >= 0.3 is 5.97 Å². The lowest BCUT2D eigenvalue weighted by Gasteiger charge is -2.61. The van der Waals surface area contributed by atoms with Crippen molar-refractivity contribution in [1.82, 2.24) is 0 Å². The fourth-order valence-electron chi connectivity index (χ4n) is 6.44. The van der Waals surface area contributed by atoms with Crippen molar-refractivity contribution >= 4 is 5.97 Å². The summed E-state index contributed by atoms with van der Waals surface area (Å²) in [6.07, 6.45) is 9.67. The number of aliphatic carboxylic acids is 1. The number of carboxylic acid groups (broad SMARTS) is 1. The van der Waals surface area contributed by atoms with E-state index in [-0.39, 0.29) is 5.41 Å². The zero-order valence-corrected chi connectivity index (χ0v) is 14.1. The van der Waals surface area contributed by atoms with Crippen LogP contribution in [0.5, 0.6) is 0 Å². The summed E-state index contributed by atoms with van der Waals surface area (Å²) in [5.74, 6) is 1.45. The predicted molar refractivity (Wildman–Crippen MR) is 89.5 cm³/mol. The van der Waals surface area contributed by atoms with Gasteiger partial charge in [0.25, 0.3) is 0 Å². The van der Waals surface area contributed by atoms with Crippen LogP contribution < -0.4 is 0 Å². The van der Waals surface area contributed by atoms with Crippen molar-refractivity contribution in [2.75, 3.05) is 0 Å². The molecular formula is C20H30O2. The summed E-state index contributed by atoms with van der Waals surface area (Å²) in [5, 5.41) is 9.86. The average molecular weight is 302 g/mol. The highest BCUT2D eigenvalue weighted by Crippen LogP contribution is 2.65. The number of allylic oxidation sites excluding steroid dienone is 2. The summed E-state index contributed by atoms with van der Waals surface area (Å²) in [6, 6.07) is 0. The Labute approximate surface area is 134 Å². The van der Waals surface area contributed by atoms with Gasteiger partial charge < -0.3 is 5.11 Å². The minimum atomic E-state index is -0.581. The zero-order chi connectivity index (χ0) is 16.1. The molecule has 3 aliphatic carbocycles. The van der Waals surface area contributed by atoms with E-state index in [2.05, 4.69) is 26.2 Å². The number of carboxylic acids is 1. The van der Waals surface area contributed by atoms with Gasteiger partial charge in [-0.1, -0.05) is 31.6 Å². The van der Waals surface area contributed by atoms with Gasteiger partial charge in [0.2, 0.25) is 0 Å². The largest absolute Gasteiger partial charge is 0.481 e. The molecule has 0 radical (unpaired) electrons. The molecule has 0 saturated heterocycles. The molecule has 3 saturated carbocycles. The molecule has 1 N–H and O–H groups in total. The summed E-state index contributed by atoms with van der Waals surface area (Å²) < 4.78 is 0. The summed E-state index contributed by atoms with van der Waals surface area (Å²) >= 11 is 0. The van der Waals surface area contributed by atoms with Crippen LogP contribution in [-0.4, -0.2) is 11.1 Å². The molecule has 0 bridgehead atoms. The molecule has 2 heteroatoms. The lowest BCUT2D eigenvalue weighted by atomic mass is 9.43. The zero-order valence-electron chi connectivity index (χ0n) is 14.1. The fourth-order valence-corrected chi connectivity index (χ4v) is 6.44. The van der Waals surface area contributed by atoms with E-state index in [0.717, 1.165) is 32.1 Å². The highest BCUT2D eigenvalue weighted by Gasteiger charge is 2.59. The van der Waals surface area contributed by atoms with E-state index >= 15 is 0 Å². The Morgan fingerprint density at radius 3 is 2.64 bits per heavy atom. The fraction of sp³-hybridized carbons (Fsp3) is 0.750. The smallest absolute Gasteiger partial charge is 0.309 e. The maximum absolute atomic E-state index is 12.0. The molecule has 0 spiro atoms. The van der Waals surface area contributed by atoms with E-state index < -0.39 is 11.4 Å². The monoisotopic (exact) mass is 302 g/mol. The average Bonchev–Trinajstić information content (AvgIpc) is 2.46. The van der Waals surface area contributed by atoms with Gasteiger partial charge in [-0.15, -0.1) is 6.58 Å². The summed E-state index contributed by atoms with van der Waals surface area (Å²) in [7, 11) is 0. The van der Waals surface area contributed by atoms with E-state index in [1.54, 1.807) is 0 Å². The van der Waals surface area contributed by atoms with E-state index in [0.29, 0.717) is 23.7 Å². The van der Waals surface area contributed by atoms with Crippen LogP contribution in [0.25, 0.3) is 0 Å². The van der Waals surface area contributed by atoms with Crippen molar-refractivity contribution in [2.24, 2.45) is 34.5 Å². The Morgan fingerprint density at radius 1 is 1.27 bits per heavy atom. The van der Waals surface area contributed by atoms with Crippen LogP contribution in [0.15, 0.2) is 24.8 Å². The maximum Gasteiger partial charge on any atom is 0.309 e. The molecule has 0 aromatic carbocycles. The summed E-state index contributed by atoms with van der Waals surface area (Å²) in [5.41, 5.74) is 0.988. The van der Waals surface area contributed by atoms with Crippen LogP contribution >= 0.6 is 0 Å². The van der Waals surface area contributed by atoms with Gasteiger partial charge in [0, 0.05) is 5.92 Å². The van der Waals surface area contributed by atoms with Gasteiger partial charge in [0.15, 0.2) is 0 Å². The second-order valence-corrected chi connectivity index (χ2v) is 8.44. The van der Waals surface area contributed by atoms with Gasteiger partial charge in [-0.05, 0) is 68.6 Å². The first-order valence-corrected chi connectivity index (χ1v) is 8.88. The number of hydrogen-bond acceptors (Lipinski definition) is 1. The van der Waals surface area contributed by atoms with Gasteiger partial charge in [-0.3, -0.25) is 4.79 Å². The van der Waals surface area contributed by atoms with Crippen LogP contribution in [0.3, 0.4) is 0 Å². The molecule has 3 fully saturated rings. The number of fused-ring (bicyclic) bond motifs is 3. The highest BCUT2D eigenvalue weighted by atomic mass is 16.4. The molecule has 0 aliphatic heterocycles. The first-order valence-electron chi connectivity index (χ1n) is 8.88. The Morgan fingerprint density at radius 2 is 2.00 bits per heavy atom. The van der Waals surface area contributed by atoms with Crippen molar-refractivity contribution in [3.63, 3.8) is 0 Å². The van der Waals surface area contributed by atoms with E-state index in [1.807, 2.05) is 6.92 Å². The van der Waals surface area contributed by atoms with Crippen LogP contribution in [0, 0.1) is 34.5 Å².